The Morgan fingerprint density at radius 1 is 1.36 bits per heavy atom. The average molecular weight is 395 g/mol. The van der Waals surface area contributed by atoms with Crippen molar-refractivity contribution >= 4 is 50.2 Å². The number of pyridine rings is 1. The molecule has 3 heterocycles. The average Bonchev–Trinajstić information content (AvgIpc) is 3.14. The summed E-state index contributed by atoms with van der Waals surface area (Å²) in [5.74, 6) is 0.604. The number of nitrogens with zero attached hydrogens (tertiary/aromatic N) is 2. The molecule has 3 rings (SSSR count). The minimum absolute atomic E-state index is 0.175. The Bertz CT molecular complexity index is 843. The Hall–Kier alpha value is -1.21. The molecule has 0 saturated heterocycles. The molecular weight excluding hydrogens is 372 g/mol. The maximum Gasteiger partial charge on any atom is 0.131 e. The molecule has 3 aromatic rings. The molecule has 0 fully saturated rings. The first-order chi connectivity index (χ1) is 11.9. The van der Waals surface area contributed by atoms with Gasteiger partial charge in [0.1, 0.15) is 10.2 Å². The fourth-order valence-electron chi connectivity index (χ4n) is 2.96. The summed E-state index contributed by atoms with van der Waals surface area (Å²) < 4.78 is 1.14. The highest BCUT2D eigenvalue weighted by Gasteiger charge is 2.17. The van der Waals surface area contributed by atoms with Crippen LogP contribution in [0.3, 0.4) is 0 Å². The van der Waals surface area contributed by atoms with E-state index in [0.717, 1.165) is 33.8 Å². The highest BCUT2D eigenvalue weighted by molar-refractivity contribution is 7.19. The summed E-state index contributed by atoms with van der Waals surface area (Å²) in [6.07, 6.45) is 3.73. The Balaban J connectivity index is 1.88. The number of hydrogen-bond donors (Lipinski definition) is 2. The first-order valence-electron chi connectivity index (χ1n) is 8.40. The monoisotopic (exact) mass is 394 g/mol. The van der Waals surface area contributed by atoms with Crippen molar-refractivity contribution in [3.63, 3.8) is 0 Å². The summed E-state index contributed by atoms with van der Waals surface area (Å²) in [4.78, 5) is 10.2. The molecule has 1 atom stereocenters. The number of aromatic nitrogens is 2. The van der Waals surface area contributed by atoms with E-state index < -0.39 is 0 Å². The molecular formula is C18H23ClN4S2. The normalized spacial score (nSPS) is 12.9. The fraction of sp³-hybridized carbons (Fsp3) is 0.444. The Kier molecular flexibility index (Phi) is 5.94. The van der Waals surface area contributed by atoms with Gasteiger partial charge in [-0.3, -0.25) is 0 Å². The van der Waals surface area contributed by atoms with Gasteiger partial charge in [-0.15, -0.1) is 22.7 Å². The summed E-state index contributed by atoms with van der Waals surface area (Å²) in [6, 6.07) is 2.07. The zero-order chi connectivity index (χ0) is 18.0. The van der Waals surface area contributed by atoms with Crippen molar-refractivity contribution in [2.45, 2.75) is 46.2 Å². The fourth-order valence-corrected chi connectivity index (χ4v) is 5.04. The van der Waals surface area contributed by atoms with Crippen molar-refractivity contribution in [1.29, 1.82) is 0 Å². The van der Waals surface area contributed by atoms with Crippen molar-refractivity contribution < 1.29 is 0 Å². The molecule has 0 aliphatic carbocycles. The van der Waals surface area contributed by atoms with Gasteiger partial charge < -0.3 is 11.1 Å². The molecule has 0 aliphatic rings. The van der Waals surface area contributed by atoms with Crippen LogP contribution in [0.5, 0.6) is 0 Å². The van der Waals surface area contributed by atoms with Crippen LogP contribution in [0.25, 0.3) is 10.2 Å². The standard InChI is InChI=1S/C18H23ClN4S2/c1-10(2)6-12(20)7-14-11(3)17-18(25-14)13(8-15(19)23-17)22-9-16-21-4-5-24-16/h4-5,8,10,12H,6-7,9,20H2,1-3H3,(H,22,23)/t12-/m0/s1. The van der Waals surface area contributed by atoms with Gasteiger partial charge in [0.25, 0.3) is 0 Å². The van der Waals surface area contributed by atoms with Crippen LogP contribution in [0, 0.1) is 12.8 Å². The molecule has 3 aromatic heterocycles. The summed E-state index contributed by atoms with van der Waals surface area (Å²) in [6.45, 7) is 7.22. The number of anilines is 1. The van der Waals surface area contributed by atoms with Crippen molar-refractivity contribution in [2.24, 2.45) is 11.7 Å². The van der Waals surface area contributed by atoms with Gasteiger partial charge in [0.2, 0.25) is 0 Å². The molecule has 134 valence electrons. The second-order valence-corrected chi connectivity index (χ2v) is 9.17. The van der Waals surface area contributed by atoms with Gasteiger partial charge in [-0.2, -0.15) is 0 Å². The topological polar surface area (TPSA) is 63.8 Å². The third kappa shape index (κ3) is 4.50. The number of hydrogen-bond acceptors (Lipinski definition) is 6. The van der Waals surface area contributed by atoms with Crippen LogP contribution in [-0.4, -0.2) is 16.0 Å². The van der Waals surface area contributed by atoms with Crippen LogP contribution in [0.15, 0.2) is 17.6 Å². The van der Waals surface area contributed by atoms with Gasteiger partial charge in [-0.05, 0) is 31.2 Å². The molecule has 0 saturated carbocycles. The number of rotatable bonds is 7. The third-order valence-electron chi connectivity index (χ3n) is 4.08. The molecule has 3 N–H and O–H groups in total. The predicted octanol–water partition coefficient (Wildman–Crippen LogP) is 5.24. The van der Waals surface area contributed by atoms with E-state index in [1.807, 2.05) is 17.6 Å². The molecule has 4 nitrogen and oxygen atoms in total. The molecule has 0 radical (unpaired) electrons. The van der Waals surface area contributed by atoms with E-state index in [9.17, 15) is 0 Å². The highest BCUT2D eigenvalue weighted by Crippen LogP contribution is 2.37. The van der Waals surface area contributed by atoms with Crippen molar-refractivity contribution in [3.8, 4) is 0 Å². The number of nitrogens with two attached hydrogens (primary N) is 1. The van der Waals surface area contributed by atoms with Crippen LogP contribution in [-0.2, 0) is 13.0 Å². The van der Waals surface area contributed by atoms with Crippen LogP contribution < -0.4 is 11.1 Å². The van der Waals surface area contributed by atoms with Crippen LogP contribution in [0.1, 0.15) is 35.7 Å². The lowest BCUT2D eigenvalue weighted by Crippen LogP contribution is -2.24. The lowest BCUT2D eigenvalue weighted by molar-refractivity contribution is 0.495. The van der Waals surface area contributed by atoms with Crippen molar-refractivity contribution in [1.82, 2.24) is 9.97 Å². The van der Waals surface area contributed by atoms with Crippen molar-refractivity contribution in [3.05, 3.63) is 38.2 Å². The van der Waals surface area contributed by atoms with Gasteiger partial charge in [0.15, 0.2) is 0 Å². The first-order valence-corrected chi connectivity index (χ1v) is 10.5. The molecule has 0 bridgehead atoms. The highest BCUT2D eigenvalue weighted by atomic mass is 35.5. The Labute approximate surface area is 161 Å². The van der Waals surface area contributed by atoms with Gasteiger partial charge in [-0.1, -0.05) is 25.4 Å². The summed E-state index contributed by atoms with van der Waals surface area (Å²) >= 11 is 9.67. The summed E-state index contributed by atoms with van der Waals surface area (Å²) in [7, 11) is 0. The Morgan fingerprint density at radius 3 is 2.84 bits per heavy atom. The zero-order valence-electron chi connectivity index (χ0n) is 14.7. The van der Waals surface area contributed by atoms with Gasteiger partial charge in [0.05, 0.1) is 22.4 Å². The number of thiazole rings is 1. The third-order valence-corrected chi connectivity index (χ3v) is 6.39. The summed E-state index contributed by atoms with van der Waals surface area (Å²) in [5.41, 5.74) is 9.51. The minimum atomic E-state index is 0.175. The van der Waals surface area contributed by atoms with E-state index in [-0.39, 0.29) is 6.04 Å². The second kappa shape index (κ2) is 7.99. The number of nitrogens with one attached hydrogen (secondary N) is 1. The molecule has 0 spiro atoms. The second-order valence-electron chi connectivity index (χ2n) is 6.69. The zero-order valence-corrected chi connectivity index (χ0v) is 17.1. The predicted molar refractivity (Wildman–Crippen MR) is 110 cm³/mol. The van der Waals surface area contributed by atoms with E-state index in [0.29, 0.717) is 17.6 Å². The number of thiophene rings is 1. The largest absolute Gasteiger partial charge is 0.377 e. The SMILES string of the molecule is Cc1c(C[C@@H](N)CC(C)C)sc2c(NCc3nccs3)cc(Cl)nc12. The van der Waals surface area contributed by atoms with Crippen LogP contribution in [0.4, 0.5) is 5.69 Å². The van der Waals surface area contributed by atoms with Gasteiger partial charge in [0, 0.05) is 28.6 Å². The van der Waals surface area contributed by atoms with E-state index >= 15 is 0 Å². The lowest BCUT2D eigenvalue weighted by Gasteiger charge is -2.13. The quantitative estimate of drug-likeness (QED) is 0.537. The van der Waals surface area contributed by atoms with E-state index in [4.69, 9.17) is 17.3 Å². The number of fused-ring (bicyclic) bond motifs is 1. The lowest BCUT2D eigenvalue weighted by atomic mass is 10.0. The van der Waals surface area contributed by atoms with Gasteiger partial charge in [-0.25, -0.2) is 9.97 Å². The smallest absolute Gasteiger partial charge is 0.131 e. The van der Waals surface area contributed by atoms with Crippen LogP contribution in [0.2, 0.25) is 5.15 Å². The molecule has 0 aliphatic heterocycles. The van der Waals surface area contributed by atoms with E-state index in [2.05, 4.69) is 36.1 Å². The minimum Gasteiger partial charge on any atom is -0.377 e. The van der Waals surface area contributed by atoms with Crippen LogP contribution >= 0.6 is 34.3 Å². The van der Waals surface area contributed by atoms with Crippen molar-refractivity contribution in [2.75, 3.05) is 5.32 Å². The molecule has 0 aromatic carbocycles. The Morgan fingerprint density at radius 2 is 2.16 bits per heavy atom. The number of halogens is 1. The number of aryl methyl sites for hydroxylation is 1. The molecule has 0 unspecified atom stereocenters. The molecule has 0 amide bonds. The van der Waals surface area contributed by atoms with E-state index in [1.54, 1.807) is 22.7 Å². The molecule has 25 heavy (non-hydrogen) atoms. The van der Waals surface area contributed by atoms with Gasteiger partial charge >= 0.3 is 0 Å². The molecule has 7 heteroatoms. The maximum atomic E-state index is 6.33. The maximum absolute atomic E-state index is 6.33. The first kappa shape index (κ1) is 18.6. The summed E-state index contributed by atoms with van der Waals surface area (Å²) in [5, 5.41) is 7.00. The van der Waals surface area contributed by atoms with E-state index in [1.165, 1.54) is 10.4 Å².